The molecule has 0 spiro atoms. The highest BCUT2D eigenvalue weighted by Gasteiger charge is 2.34. The fourth-order valence-electron chi connectivity index (χ4n) is 3.82. The molecule has 1 aromatic carbocycles. The van der Waals surface area contributed by atoms with Crippen molar-refractivity contribution in [3.8, 4) is 0 Å². The summed E-state index contributed by atoms with van der Waals surface area (Å²) in [6.45, 7) is 5.91. The lowest BCUT2D eigenvalue weighted by Crippen LogP contribution is -2.56. The van der Waals surface area contributed by atoms with Crippen molar-refractivity contribution in [2.24, 2.45) is 0 Å². The van der Waals surface area contributed by atoms with Gasteiger partial charge in [0.25, 0.3) is 0 Å². The van der Waals surface area contributed by atoms with E-state index in [1.165, 1.54) is 0 Å². The minimum absolute atomic E-state index is 0.138. The van der Waals surface area contributed by atoms with E-state index in [4.69, 9.17) is 9.26 Å². The molecule has 0 atom stereocenters. The van der Waals surface area contributed by atoms with E-state index >= 15 is 0 Å². The average Bonchev–Trinajstić information content (AvgIpc) is 2.89. The van der Waals surface area contributed by atoms with Crippen LogP contribution in [0.15, 0.2) is 28.8 Å². The molecule has 29 heavy (non-hydrogen) atoms. The normalized spacial score (nSPS) is 16.8. The quantitative estimate of drug-likeness (QED) is 0.736. The maximum Gasteiger partial charge on any atom is 0.408 e. The standard InChI is InChI=1S/C22H31N3O4/c1-21(2,3)28-20(27)24-22(12-8-4-5-9-13-22)15-23-19(26)14-17-16-10-6-7-11-18(16)29-25-17/h6-7,10-11H,4-5,8-9,12-15H2,1-3H3,(H,23,26)(H,24,27). The van der Waals surface area contributed by atoms with Crippen molar-refractivity contribution in [3.63, 3.8) is 0 Å². The number of nitrogens with one attached hydrogen (secondary N) is 2. The summed E-state index contributed by atoms with van der Waals surface area (Å²) in [5.74, 6) is -0.140. The summed E-state index contributed by atoms with van der Waals surface area (Å²) in [5, 5.41) is 10.9. The summed E-state index contributed by atoms with van der Waals surface area (Å²) >= 11 is 0. The number of nitrogens with zero attached hydrogens (tertiary/aromatic N) is 1. The number of carbonyl (C=O) groups excluding carboxylic acids is 2. The van der Waals surface area contributed by atoms with E-state index in [-0.39, 0.29) is 12.3 Å². The number of fused-ring (bicyclic) bond motifs is 1. The Labute approximate surface area is 171 Å². The van der Waals surface area contributed by atoms with Crippen molar-refractivity contribution < 1.29 is 18.8 Å². The molecule has 7 nitrogen and oxygen atoms in total. The first-order valence-corrected chi connectivity index (χ1v) is 10.4. The van der Waals surface area contributed by atoms with Crippen LogP contribution in [0.25, 0.3) is 11.0 Å². The van der Waals surface area contributed by atoms with Crippen LogP contribution in [0.5, 0.6) is 0 Å². The van der Waals surface area contributed by atoms with Crippen molar-refractivity contribution >= 4 is 23.0 Å². The summed E-state index contributed by atoms with van der Waals surface area (Å²) in [6.07, 6.45) is 5.64. The third-order valence-electron chi connectivity index (χ3n) is 5.23. The van der Waals surface area contributed by atoms with Crippen molar-refractivity contribution in [3.05, 3.63) is 30.0 Å². The molecule has 2 N–H and O–H groups in total. The smallest absolute Gasteiger partial charge is 0.408 e. The topological polar surface area (TPSA) is 93.5 Å². The van der Waals surface area contributed by atoms with Gasteiger partial charge in [0.05, 0.1) is 12.0 Å². The molecule has 3 rings (SSSR count). The first-order valence-electron chi connectivity index (χ1n) is 10.4. The fraction of sp³-hybridized carbons (Fsp3) is 0.591. The van der Waals surface area contributed by atoms with E-state index in [1.807, 2.05) is 45.0 Å². The largest absolute Gasteiger partial charge is 0.444 e. The van der Waals surface area contributed by atoms with E-state index in [2.05, 4.69) is 15.8 Å². The minimum atomic E-state index is -0.562. The van der Waals surface area contributed by atoms with Gasteiger partial charge in [-0.15, -0.1) is 0 Å². The predicted molar refractivity (Wildman–Crippen MR) is 111 cm³/mol. The molecule has 1 aliphatic carbocycles. The summed E-state index contributed by atoms with van der Waals surface area (Å²) < 4.78 is 10.7. The average molecular weight is 402 g/mol. The van der Waals surface area contributed by atoms with Crippen molar-refractivity contribution in [1.82, 2.24) is 15.8 Å². The third-order valence-corrected chi connectivity index (χ3v) is 5.23. The zero-order valence-corrected chi connectivity index (χ0v) is 17.5. The molecule has 1 heterocycles. The molecule has 2 aromatic rings. The Morgan fingerprint density at radius 1 is 1.14 bits per heavy atom. The van der Waals surface area contributed by atoms with E-state index < -0.39 is 17.2 Å². The van der Waals surface area contributed by atoms with Gasteiger partial charge in [-0.25, -0.2) is 4.79 Å². The number of ether oxygens (including phenoxy) is 1. The first kappa shape index (κ1) is 21.1. The fourth-order valence-corrected chi connectivity index (χ4v) is 3.82. The van der Waals surface area contributed by atoms with Crippen LogP contribution in [0.1, 0.15) is 65.0 Å². The molecule has 158 valence electrons. The molecule has 0 saturated heterocycles. The number of aromatic nitrogens is 1. The molecule has 7 heteroatoms. The molecular weight excluding hydrogens is 370 g/mol. The van der Waals surface area contributed by atoms with Crippen molar-refractivity contribution in [2.75, 3.05) is 6.54 Å². The Kier molecular flexibility index (Phi) is 6.45. The monoisotopic (exact) mass is 401 g/mol. The maximum absolute atomic E-state index is 12.6. The van der Waals surface area contributed by atoms with Gasteiger partial charge in [0.1, 0.15) is 11.3 Å². The van der Waals surface area contributed by atoms with E-state index in [0.717, 1.165) is 43.9 Å². The van der Waals surface area contributed by atoms with Crippen LogP contribution in [-0.4, -0.2) is 34.8 Å². The highest BCUT2D eigenvalue weighted by molar-refractivity contribution is 5.86. The van der Waals surface area contributed by atoms with Gasteiger partial charge >= 0.3 is 6.09 Å². The van der Waals surface area contributed by atoms with Crippen molar-refractivity contribution in [1.29, 1.82) is 0 Å². The molecular formula is C22H31N3O4. The van der Waals surface area contributed by atoms with E-state index in [9.17, 15) is 9.59 Å². The van der Waals surface area contributed by atoms with Gasteiger partial charge in [-0.1, -0.05) is 43.0 Å². The van der Waals surface area contributed by atoms with Gasteiger partial charge in [-0.2, -0.15) is 0 Å². The number of para-hydroxylation sites is 1. The van der Waals surface area contributed by atoms with Gasteiger partial charge in [-0.05, 0) is 45.7 Å². The van der Waals surface area contributed by atoms with Crippen molar-refractivity contribution in [2.45, 2.75) is 76.9 Å². The number of alkyl carbamates (subject to hydrolysis) is 1. The van der Waals surface area contributed by atoms with Crippen LogP contribution >= 0.6 is 0 Å². The Bertz CT molecular complexity index is 845. The first-order chi connectivity index (χ1) is 13.8. The van der Waals surface area contributed by atoms with Crippen LogP contribution in [0, 0.1) is 0 Å². The second kappa shape index (κ2) is 8.84. The molecule has 0 aliphatic heterocycles. The molecule has 1 saturated carbocycles. The lowest BCUT2D eigenvalue weighted by Gasteiger charge is -2.35. The van der Waals surface area contributed by atoms with Crippen LogP contribution in [-0.2, 0) is 16.0 Å². The summed E-state index contributed by atoms with van der Waals surface area (Å²) in [6, 6.07) is 7.49. The Morgan fingerprint density at radius 3 is 2.52 bits per heavy atom. The van der Waals surface area contributed by atoms with Gasteiger partial charge in [0.15, 0.2) is 5.58 Å². The second-order valence-electron chi connectivity index (χ2n) is 8.90. The molecule has 2 amide bonds. The predicted octanol–water partition coefficient (Wildman–Crippen LogP) is 4.10. The van der Waals surface area contributed by atoms with Crippen LogP contribution in [0.2, 0.25) is 0 Å². The number of benzene rings is 1. The van der Waals surface area contributed by atoms with Crippen LogP contribution in [0.4, 0.5) is 4.79 Å². The van der Waals surface area contributed by atoms with E-state index in [1.54, 1.807) is 0 Å². The summed E-state index contributed by atoms with van der Waals surface area (Å²) in [5.41, 5.74) is 0.239. The highest BCUT2D eigenvalue weighted by Crippen LogP contribution is 2.27. The minimum Gasteiger partial charge on any atom is -0.444 e. The Balaban J connectivity index is 1.64. The van der Waals surface area contributed by atoms with Gasteiger partial charge in [0, 0.05) is 11.9 Å². The lowest BCUT2D eigenvalue weighted by atomic mass is 9.90. The maximum atomic E-state index is 12.6. The third kappa shape index (κ3) is 5.95. The number of hydrogen-bond acceptors (Lipinski definition) is 5. The molecule has 0 unspecified atom stereocenters. The number of rotatable bonds is 5. The van der Waals surface area contributed by atoms with Crippen LogP contribution < -0.4 is 10.6 Å². The number of carbonyl (C=O) groups is 2. The molecule has 1 fully saturated rings. The lowest BCUT2D eigenvalue weighted by molar-refractivity contribution is -0.120. The Morgan fingerprint density at radius 2 is 1.83 bits per heavy atom. The summed E-state index contributed by atoms with van der Waals surface area (Å²) in [4.78, 5) is 25.0. The summed E-state index contributed by atoms with van der Waals surface area (Å²) in [7, 11) is 0. The Hall–Kier alpha value is -2.57. The number of amides is 2. The molecule has 0 radical (unpaired) electrons. The second-order valence-corrected chi connectivity index (χ2v) is 8.90. The molecule has 1 aliphatic rings. The van der Waals surface area contributed by atoms with Gasteiger partial charge < -0.3 is 19.9 Å². The van der Waals surface area contributed by atoms with E-state index in [0.29, 0.717) is 17.8 Å². The molecule has 0 bridgehead atoms. The van der Waals surface area contributed by atoms with Gasteiger partial charge in [0.2, 0.25) is 5.91 Å². The zero-order valence-electron chi connectivity index (χ0n) is 17.5. The number of hydrogen-bond donors (Lipinski definition) is 2. The van der Waals surface area contributed by atoms with Crippen LogP contribution in [0.3, 0.4) is 0 Å². The van der Waals surface area contributed by atoms with Gasteiger partial charge in [-0.3, -0.25) is 4.79 Å². The highest BCUT2D eigenvalue weighted by atomic mass is 16.6. The zero-order chi connectivity index (χ0) is 20.9. The SMILES string of the molecule is CC(C)(C)OC(=O)NC1(CNC(=O)Cc2noc3ccccc23)CCCCCC1. The molecule has 1 aromatic heterocycles.